The summed E-state index contributed by atoms with van der Waals surface area (Å²) >= 11 is 0. The molecular weight excluding hydrogens is 424 g/mol. The first-order chi connectivity index (χ1) is 17.4. The number of hydrogen-bond acceptors (Lipinski definition) is 1. The topological polar surface area (TPSA) is 17.3 Å². The summed E-state index contributed by atoms with van der Waals surface area (Å²) in [6, 6.07) is 43.2. The first-order valence-corrected chi connectivity index (χ1v) is 11.9. The Morgan fingerprint density at radius 3 is 1.49 bits per heavy atom. The van der Waals surface area contributed by atoms with E-state index in [1.165, 1.54) is 43.8 Å². The predicted octanol–water partition coefficient (Wildman–Crippen LogP) is 8.64. The highest BCUT2D eigenvalue weighted by Crippen LogP contribution is 2.43. The third kappa shape index (κ3) is 3.23. The zero-order valence-corrected chi connectivity index (χ0v) is 19.1. The van der Waals surface area contributed by atoms with E-state index in [0.717, 1.165) is 16.9 Å². The van der Waals surface area contributed by atoms with E-state index in [0.29, 0.717) is 0 Å². The molecule has 2 aromatic heterocycles. The van der Waals surface area contributed by atoms with Crippen LogP contribution in [0, 0.1) is 0 Å². The fourth-order valence-corrected chi connectivity index (χ4v) is 5.24. The van der Waals surface area contributed by atoms with Gasteiger partial charge in [0.05, 0.1) is 5.69 Å². The molecule has 0 spiro atoms. The predicted molar refractivity (Wildman–Crippen MR) is 147 cm³/mol. The minimum absolute atomic E-state index is 0.958. The summed E-state index contributed by atoms with van der Waals surface area (Å²) in [6.07, 6.45) is 4.12. The van der Waals surface area contributed by atoms with Crippen LogP contribution < -0.4 is 0 Å². The van der Waals surface area contributed by atoms with Gasteiger partial charge < -0.3 is 4.40 Å². The zero-order valence-electron chi connectivity index (χ0n) is 19.1. The van der Waals surface area contributed by atoms with Crippen LogP contribution in [0.1, 0.15) is 0 Å². The molecule has 0 fully saturated rings. The maximum atomic E-state index is 4.79. The first-order valence-electron chi connectivity index (χ1n) is 11.9. The smallest absolute Gasteiger partial charge is 0.137 e. The standard InChI is InChI=1S/C33H22N2/c1-2-10-24(11-3-1)32-26-12-4-6-14-28(26)33(29-15-7-5-13-27(29)32)25-19-17-23(18-20-25)30-22-35-21-9-8-16-31(35)34-30/h1-22H. The van der Waals surface area contributed by atoms with Crippen molar-refractivity contribution >= 4 is 27.2 Å². The molecule has 0 aliphatic heterocycles. The Morgan fingerprint density at radius 2 is 0.914 bits per heavy atom. The fraction of sp³-hybridized carbons (Fsp3) is 0. The van der Waals surface area contributed by atoms with E-state index in [9.17, 15) is 0 Å². The molecule has 0 saturated heterocycles. The molecule has 0 N–H and O–H groups in total. The number of pyridine rings is 1. The van der Waals surface area contributed by atoms with Gasteiger partial charge in [-0.1, -0.05) is 109 Å². The minimum atomic E-state index is 0.958. The van der Waals surface area contributed by atoms with E-state index in [1.807, 2.05) is 24.4 Å². The van der Waals surface area contributed by atoms with E-state index in [-0.39, 0.29) is 0 Å². The van der Waals surface area contributed by atoms with E-state index in [2.05, 4.69) is 114 Å². The molecule has 0 unspecified atom stereocenters. The van der Waals surface area contributed by atoms with Gasteiger partial charge in [0.15, 0.2) is 0 Å². The molecule has 164 valence electrons. The Bertz CT molecular complexity index is 1740. The van der Waals surface area contributed by atoms with Crippen LogP contribution in [-0.4, -0.2) is 9.38 Å². The van der Waals surface area contributed by atoms with Crippen molar-refractivity contribution in [2.75, 3.05) is 0 Å². The third-order valence-electron chi connectivity index (χ3n) is 6.83. The molecule has 0 bridgehead atoms. The van der Waals surface area contributed by atoms with Crippen molar-refractivity contribution in [2.45, 2.75) is 0 Å². The van der Waals surface area contributed by atoms with Gasteiger partial charge in [-0.05, 0) is 55.9 Å². The van der Waals surface area contributed by atoms with Gasteiger partial charge >= 0.3 is 0 Å². The second-order valence-corrected chi connectivity index (χ2v) is 8.88. The molecular formula is C33H22N2. The maximum absolute atomic E-state index is 4.79. The van der Waals surface area contributed by atoms with E-state index < -0.39 is 0 Å². The lowest BCUT2D eigenvalue weighted by Gasteiger charge is -2.17. The van der Waals surface area contributed by atoms with E-state index >= 15 is 0 Å². The Hall–Kier alpha value is -4.69. The van der Waals surface area contributed by atoms with Crippen LogP contribution in [0.2, 0.25) is 0 Å². The van der Waals surface area contributed by atoms with Crippen LogP contribution >= 0.6 is 0 Å². The number of fused-ring (bicyclic) bond motifs is 3. The van der Waals surface area contributed by atoms with Crippen LogP contribution in [0.4, 0.5) is 0 Å². The number of imidazole rings is 1. The number of benzene rings is 5. The first kappa shape index (κ1) is 19.7. The molecule has 0 saturated carbocycles. The van der Waals surface area contributed by atoms with Crippen molar-refractivity contribution < 1.29 is 0 Å². The van der Waals surface area contributed by atoms with Gasteiger partial charge in [-0.3, -0.25) is 0 Å². The summed E-state index contributed by atoms with van der Waals surface area (Å²) in [7, 11) is 0. The average Bonchev–Trinajstić information content (AvgIpc) is 3.37. The van der Waals surface area contributed by atoms with Crippen molar-refractivity contribution in [3.05, 3.63) is 134 Å². The molecule has 0 amide bonds. The van der Waals surface area contributed by atoms with Crippen molar-refractivity contribution in [1.82, 2.24) is 9.38 Å². The van der Waals surface area contributed by atoms with Crippen LogP contribution in [0.25, 0.3) is 60.7 Å². The molecule has 2 heterocycles. The summed E-state index contributed by atoms with van der Waals surface area (Å²) in [5, 5.41) is 5.09. The van der Waals surface area contributed by atoms with Crippen LogP contribution in [0.15, 0.2) is 134 Å². The van der Waals surface area contributed by atoms with Crippen molar-refractivity contribution in [1.29, 1.82) is 0 Å². The quantitative estimate of drug-likeness (QED) is 0.248. The second kappa shape index (κ2) is 7.96. The molecule has 7 aromatic rings. The summed E-state index contributed by atoms with van der Waals surface area (Å²) in [5.74, 6) is 0. The van der Waals surface area contributed by atoms with Gasteiger partial charge in [-0.15, -0.1) is 0 Å². The van der Waals surface area contributed by atoms with Crippen molar-refractivity contribution in [3.8, 4) is 33.5 Å². The number of hydrogen-bond donors (Lipinski definition) is 0. The van der Waals surface area contributed by atoms with Gasteiger partial charge in [0.1, 0.15) is 5.65 Å². The summed E-state index contributed by atoms with van der Waals surface area (Å²) in [5.41, 5.74) is 8.08. The highest BCUT2D eigenvalue weighted by molar-refractivity contribution is 6.21. The van der Waals surface area contributed by atoms with E-state index in [1.54, 1.807) is 0 Å². The van der Waals surface area contributed by atoms with Crippen LogP contribution in [-0.2, 0) is 0 Å². The monoisotopic (exact) mass is 446 g/mol. The summed E-state index contributed by atoms with van der Waals surface area (Å²) in [4.78, 5) is 4.79. The number of nitrogens with zero attached hydrogens (tertiary/aromatic N) is 2. The third-order valence-corrected chi connectivity index (χ3v) is 6.83. The highest BCUT2D eigenvalue weighted by atomic mass is 15.0. The Labute approximate surface area is 203 Å². The molecule has 7 rings (SSSR count). The minimum Gasteiger partial charge on any atom is -0.306 e. The largest absolute Gasteiger partial charge is 0.306 e. The SMILES string of the molecule is c1ccc(-c2c3ccccc3c(-c3ccc(-c4cn5ccccc5n4)cc3)c3ccccc23)cc1. The van der Waals surface area contributed by atoms with Crippen LogP contribution in [0.3, 0.4) is 0 Å². The molecule has 5 aromatic carbocycles. The van der Waals surface area contributed by atoms with E-state index in [4.69, 9.17) is 4.98 Å². The molecule has 0 aliphatic rings. The summed E-state index contributed by atoms with van der Waals surface area (Å²) < 4.78 is 2.06. The Kier molecular flexibility index (Phi) is 4.49. The molecule has 0 aliphatic carbocycles. The molecule has 2 nitrogen and oxygen atoms in total. The maximum Gasteiger partial charge on any atom is 0.137 e. The van der Waals surface area contributed by atoms with Crippen LogP contribution in [0.5, 0.6) is 0 Å². The lowest BCUT2D eigenvalue weighted by molar-refractivity contribution is 1.19. The number of aromatic nitrogens is 2. The Morgan fingerprint density at radius 1 is 0.429 bits per heavy atom. The number of rotatable bonds is 3. The van der Waals surface area contributed by atoms with Gasteiger partial charge in [0.25, 0.3) is 0 Å². The van der Waals surface area contributed by atoms with Gasteiger partial charge in [-0.25, -0.2) is 4.98 Å². The lowest BCUT2D eigenvalue weighted by Crippen LogP contribution is -1.90. The van der Waals surface area contributed by atoms with Gasteiger partial charge in [-0.2, -0.15) is 0 Å². The van der Waals surface area contributed by atoms with Crippen molar-refractivity contribution in [2.24, 2.45) is 0 Å². The lowest BCUT2D eigenvalue weighted by atomic mass is 9.86. The Balaban J connectivity index is 1.46. The molecule has 2 heteroatoms. The fourth-order valence-electron chi connectivity index (χ4n) is 5.24. The second-order valence-electron chi connectivity index (χ2n) is 8.88. The summed E-state index contributed by atoms with van der Waals surface area (Å²) in [6.45, 7) is 0. The molecule has 35 heavy (non-hydrogen) atoms. The molecule has 0 radical (unpaired) electrons. The van der Waals surface area contributed by atoms with Crippen molar-refractivity contribution in [3.63, 3.8) is 0 Å². The normalized spacial score (nSPS) is 11.4. The zero-order chi connectivity index (χ0) is 23.2. The molecule has 0 atom stereocenters. The average molecular weight is 447 g/mol. The highest BCUT2D eigenvalue weighted by Gasteiger charge is 2.16. The van der Waals surface area contributed by atoms with Gasteiger partial charge in [0, 0.05) is 18.0 Å². The van der Waals surface area contributed by atoms with Gasteiger partial charge in [0.2, 0.25) is 0 Å².